The van der Waals surface area contributed by atoms with Crippen LogP contribution < -0.4 is 15.8 Å². The van der Waals surface area contributed by atoms with Crippen LogP contribution in [0.1, 0.15) is 17.7 Å². The highest BCUT2D eigenvalue weighted by Gasteiger charge is 2.13. The molecule has 3 aromatic rings. The van der Waals surface area contributed by atoms with Gasteiger partial charge in [-0.2, -0.15) is 0 Å². The first-order chi connectivity index (χ1) is 13.8. The molecular formula is C21H22ClN5O2. The normalized spacial score (nSPS) is 10.6. The van der Waals surface area contributed by atoms with E-state index in [0.717, 1.165) is 11.3 Å². The van der Waals surface area contributed by atoms with Crippen LogP contribution in [0.5, 0.6) is 0 Å². The highest BCUT2D eigenvalue weighted by Crippen LogP contribution is 2.28. The quantitative estimate of drug-likeness (QED) is 0.648. The number of nitrogens with zero attached hydrogens (tertiary/aromatic N) is 3. The third-order valence-electron chi connectivity index (χ3n) is 4.49. The van der Waals surface area contributed by atoms with E-state index in [1.807, 2.05) is 25.1 Å². The first-order valence-corrected chi connectivity index (χ1v) is 9.50. The summed E-state index contributed by atoms with van der Waals surface area (Å²) < 4.78 is 0. The molecule has 2 heterocycles. The van der Waals surface area contributed by atoms with Gasteiger partial charge in [-0.05, 0) is 43.7 Å². The summed E-state index contributed by atoms with van der Waals surface area (Å²) in [6, 6.07) is 8.87. The molecule has 1 aromatic carbocycles. The number of aromatic nitrogens is 3. The van der Waals surface area contributed by atoms with Crippen LogP contribution in [0.15, 0.2) is 47.5 Å². The smallest absolute Gasteiger partial charge is 0.254 e. The first-order valence-electron chi connectivity index (χ1n) is 9.12. The molecule has 3 rings (SSSR count). The van der Waals surface area contributed by atoms with Crippen LogP contribution >= 0.6 is 11.6 Å². The summed E-state index contributed by atoms with van der Waals surface area (Å²) in [4.78, 5) is 38.1. The maximum Gasteiger partial charge on any atom is 0.254 e. The molecule has 2 aromatic heterocycles. The zero-order chi connectivity index (χ0) is 21.0. The van der Waals surface area contributed by atoms with Crippen molar-refractivity contribution < 1.29 is 4.79 Å². The van der Waals surface area contributed by atoms with Gasteiger partial charge in [0.15, 0.2) is 0 Å². The molecule has 0 saturated heterocycles. The van der Waals surface area contributed by atoms with Gasteiger partial charge in [0.25, 0.3) is 5.56 Å². The summed E-state index contributed by atoms with van der Waals surface area (Å²) >= 11 is 6.06. The number of carbonyl (C=O) groups is 1. The maximum absolute atomic E-state index is 12.5. The predicted molar refractivity (Wildman–Crippen MR) is 116 cm³/mol. The Morgan fingerprint density at radius 1 is 1.21 bits per heavy atom. The lowest BCUT2D eigenvalue weighted by atomic mass is 10.1. The zero-order valence-corrected chi connectivity index (χ0v) is 17.2. The highest BCUT2D eigenvalue weighted by molar-refractivity contribution is 6.31. The lowest BCUT2D eigenvalue weighted by Crippen LogP contribution is -2.21. The van der Waals surface area contributed by atoms with Gasteiger partial charge in [-0.1, -0.05) is 11.6 Å². The Hall–Kier alpha value is -3.19. The van der Waals surface area contributed by atoms with Gasteiger partial charge in [0.2, 0.25) is 5.91 Å². The van der Waals surface area contributed by atoms with Gasteiger partial charge in [0.1, 0.15) is 5.82 Å². The zero-order valence-electron chi connectivity index (χ0n) is 16.5. The van der Waals surface area contributed by atoms with E-state index in [0.29, 0.717) is 27.8 Å². The molecule has 0 aliphatic heterocycles. The number of aromatic amines is 1. The van der Waals surface area contributed by atoms with E-state index in [-0.39, 0.29) is 24.3 Å². The molecule has 0 fully saturated rings. The topological polar surface area (TPSA) is 91.0 Å². The molecule has 0 saturated carbocycles. The highest BCUT2D eigenvalue weighted by atomic mass is 35.5. The average molecular weight is 412 g/mol. The Morgan fingerprint density at radius 3 is 2.59 bits per heavy atom. The van der Waals surface area contributed by atoms with Crippen molar-refractivity contribution in [3.05, 3.63) is 69.4 Å². The standard InChI is InChI=1S/C21H22ClN5O2/c1-13-16(21(29)26-20(24-13)14-8-10-23-11-9-14)5-7-19(28)25-17-12-15(22)4-6-18(17)27(2)3/h4,6,8-12H,5,7H2,1-3H3,(H,25,28)(H,24,26,29). The van der Waals surface area contributed by atoms with Crippen LogP contribution in [-0.4, -0.2) is 35.0 Å². The van der Waals surface area contributed by atoms with Crippen molar-refractivity contribution in [1.29, 1.82) is 0 Å². The van der Waals surface area contributed by atoms with Gasteiger partial charge >= 0.3 is 0 Å². The minimum atomic E-state index is -0.242. The molecule has 8 heteroatoms. The third-order valence-corrected chi connectivity index (χ3v) is 4.73. The molecule has 150 valence electrons. The molecule has 2 N–H and O–H groups in total. The number of carbonyl (C=O) groups excluding carboxylic acids is 1. The largest absolute Gasteiger partial charge is 0.376 e. The van der Waals surface area contributed by atoms with Crippen LogP contribution in [0.25, 0.3) is 11.4 Å². The number of halogens is 1. The predicted octanol–water partition coefficient (Wildman–Crippen LogP) is 3.43. The Kier molecular flexibility index (Phi) is 6.29. The molecule has 7 nitrogen and oxygen atoms in total. The molecule has 0 spiro atoms. The van der Waals surface area contributed by atoms with Gasteiger partial charge in [-0.15, -0.1) is 0 Å². The van der Waals surface area contributed by atoms with E-state index in [9.17, 15) is 9.59 Å². The van der Waals surface area contributed by atoms with Crippen molar-refractivity contribution in [1.82, 2.24) is 15.0 Å². The summed E-state index contributed by atoms with van der Waals surface area (Å²) in [5, 5.41) is 3.41. The fraction of sp³-hybridized carbons (Fsp3) is 0.238. The van der Waals surface area contributed by atoms with E-state index >= 15 is 0 Å². The van der Waals surface area contributed by atoms with Gasteiger partial charge in [-0.3, -0.25) is 14.6 Å². The molecule has 0 radical (unpaired) electrons. The molecule has 0 aliphatic carbocycles. The number of benzene rings is 1. The Labute approximate surface area is 173 Å². The molecule has 0 unspecified atom stereocenters. The lowest BCUT2D eigenvalue weighted by molar-refractivity contribution is -0.116. The number of hydrogen-bond acceptors (Lipinski definition) is 5. The van der Waals surface area contributed by atoms with E-state index in [1.165, 1.54) is 0 Å². The van der Waals surface area contributed by atoms with Crippen LogP contribution in [0, 0.1) is 6.92 Å². The summed E-state index contributed by atoms with van der Waals surface area (Å²) in [5.41, 5.74) is 3.11. The second-order valence-electron chi connectivity index (χ2n) is 6.82. The minimum Gasteiger partial charge on any atom is -0.376 e. The SMILES string of the molecule is Cc1nc(-c2ccncc2)[nH]c(=O)c1CCC(=O)Nc1cc(Cl)ccc1N(C)C. The first kappa shape index (κ1) is 20.5. The van der Waals surface area contributed by atoms with Crippen molar-refractivity contribution in [2.24, 2.45) is 0 Å². The van der Waals surface area contributed by atoms with Crippen molar-refractivity contribution >= 4 is 28.9 Å². The van der Waals surface area contributed by atoms with Gasteiger partial charge in [0, 0.05) is 54.8 Å². The Bertz CT molecular complexity index is 1080. The van der Waals surface area contributed by atoms with Crippen molar-refractivity contribution in [2.75, 3.05) is 24.3 Å². The van der Waals surface area contributed by atoms with E-state index in [4.69, 9.17) is 11.6 Å². The van der Waals surface area contributed by atoms with Crippen LogP contribution in [0.4, 0.5) is 11.4 Å². The number of hydrogen-bond donors (Lipinski definition) is 2. The molecule has 0 bridgehead atoms. The fourth-order valence-corrected chi connectivity index (χ4v) is 3.17. The van der Waals surface area contributed by atoms with Gasteiger partial charge < -0.3 is 15.2 Å². The Morgan fingerprint density at radius 2 is 1.93 bits per heavy atom. The lowest BCUT2D eigenvalue weighted by Gasteiger charge is -2.18. The summed E-state index contributed by atoms with van der Waals surface area (Å²) in [6.45, 7) is 1.77. The van der Waals surface area contributed by atoms with Gasteiger partial charge in [-0.25, -0.2) is 4.98 Å². The molecule has 0 atom stereocenters. The van der Waals surface area contributed by atoms with Crippen molar-refractivity contribution in [2.45, 2.75) is 19.8 Å². The van der Waals surface area contributed by atoms with E-state index in [1.54, 1.807) is 43.6 Å². The van der Waals surface area contributed by atoms with Crippen molar-refractivity contribution in [3.8, 4) is 11.4 Å². The number of aryl methyl sites for hydroxylation is 1. The van der Waals surface area contributed by atoms with Crippen molar-refractivity contribution in [3.63, 3.8) is 0 Å². The van der Waals surface area contributed by atoms with Gasteiger partial charge in [0.05, 0.1) is 11.4 Å². The number of anilines is 2. The molecule has 0 aliphatic rings. The summed E-state index contributed by atoms with van der Waals surface area (Å²) in [6.07, 6.45) is 3.72. The number of nitrogens with one attached hydrogen (secondary N) is 2. The molecular weight excluding hydrogens is 390 g/mol. The minimum absolute atomic E-state index is 0.152. The second-order valence-corrected chi connectivity index (χ2v) is 7.25. The molecule has 29 heavy (non-hydrogen) atoms. The van der Waals surface area contributed by atoms with Crippen LogP contribution in [-0.2, 0) is 11.2 Å². The second kappa shape index (κ2) is 8.87. The summed E-state index contributed by atoms with van der Waals surface area (Å²) in [7, 11) is 3.77. The monoisotopic (exact) mass is 411 g/mol. The third kappa shape index (κ3) is 5.00. The fourth-order valence-electron chi connectivity index (χ4n) is 3.00. The van der Waals surface area contributed by atoms with Crippen LogP contribution in [0.3, 0.4) is 0 Å². The number of H-pyrrole nitrogens is 1. The number of pyridine rings is 1. The van der Waals surface area contributed by atoms with E-state index in [2.05, 4.69) is 20.3 Å². The Balaban J connectivity index is 1.73. The summed E-state index contributed by atoms with van der Waals surface area (Å²) in [5.74, 6) is 0.282. The average Bonchev–Trinajstić information content (AvgIpc) is 2.67. The number of rotatable bonds is 6. The van der Waals surface area contributed by atoms with E-state index < -0.39 is 0 Å². The maximum atomic E-state index is 12.5. The molecule has 1 amide bonds. The van der Waals surface area contributed by atoms with Crippen LogP contribution in [0.2, 0.25) is 5.02 Å². The number of amides is 1.